The Hall–Kier alpha value is -2.12. The molecule has 1 N–H and O–H groups in total. The number of sulfonamides is 1. The fourth-order valence-corrected chi connectivity index (χ4v) is 4.35. The monoisotopic (exact) mass is 333 g/mol. The van der Waals surface area contributed by atoms with Gasteiger partial charge in [0.25, 0.3) is 10.0 Å². The Balaban J connectivity index is 1.74. The third kappa shape index (κ3) is 3.37. The third-order valence-corrected chi connectivity index (χ3v) is 5.93. The Labute approximate surface area is 133 Å². The Bertz CT molecular complexity index is 867. The maximum atomic E-state index is 12.2. The number of hydrogen-bond donors (Lipinski definition) is 1. The Morgan fingerprint density at radius 3 is 2.64 bits per heavy atom. The van der Waals surface area contributed by atoms with E-state index in [1.807, 2.05) is 37.3 Å². The molecule has 7 heteroatoms. The molecule has 3 rings (SSSR count). The fraction of sp³-hybridized carbons (Fsp3) is 0.133. The van der Waals surface area contributed by atoms with Gasteiger partial charge in [-0.05, 0) is 24.6 Å². The molecule has 0 saturated carbocycles. The standard InChI is InChI=1S/C15H15N3O2S2/c1-12-7-8-15(21-12)22(19,20)17-14-9-16-18(11-14)10-13-5-3-2-4-6-13/h2-9,11,17H,10H2,1H3. The van der Waals surface area contributed by atoms with Gasteiger partial charge >= 0.3 is 0 Å². The second kappa shape index (κ2) is 5.94. The number of hydrogen-bond acceptors (Lipinski definition) is 4. The molecule has 0 amide bonds. The van der Waals surface area contributed by atoms with Gasteiger partial charge in [-0.3, -0.25) is 9.40 Å². The molecule has 0 atom stereocenters. The first kappa shape index (κ1) is 14.8. The van der Waals surface area contributed by atoms with Crippen LogP contribution in [0.1, 0.15) is 10.4 Å². The molecule has 0 aliphatic heterocycles. The van der Waals surface area contributed by atoms with E-state index in [2.05, 4.69) is 9.82 Å². The molecule has 2 aromatic heterocycles. The van der Waals surface area contributed by atoms with Crippen molar-refractivity contribution in [3.8, 4) is 0 Å². The highest BCUT2D eigenvalue weighted by molar-refractivity contribution is 7.94. The molecule has 3 aromatic rings. The van der Waals surface area contributed by atoms with E-state index in [4.69, 9.17) is 0 Å². The van der Waals surface area contributed by atoms with E-state index in [1.165, 1.54) is 17.5 Å². The molecule has 0 saturated heterocycles. The predicted octanol–water partition coefficient (Wildman–Crippen LogP) is 3.10. The van der Waals surface area contributed by atoms with Crippen LogP contribution in [-0.2, 0) is 16.6 Å². The van der Waals surface area contributed by atoms with Gasteiger partial charge < -0.3 is 0 Å². The predicted molar refractivity (Wildman–Crippen MR) is 87.6 cm³/mol. The summed E-state index contributed by atoms with van der Waals surface area (Å²) in [7, 11) is -3.54. The smallest absolute Gasteiger partial charge is 0.271 e. The number of nitrogens with one attached hydrogen (secondary N) is 1. The minimum absolute atomic E-state index is 0.306. The highest BCUT2D eigenvalue weighted by Gasteiger charge is 2.17. The lowest BCUT2D eigenvalue weighted by Gasteiger charge is -2.03. The minimum Gasteiger partial charge on any atom is -0.276 e. The van der Waals surface area contributed by atoms with Crippen molar-refractivity contribution in [2.45, 2.75) is 17.7 Å². The van der Waals surface area contributed by atoms with Gasteiger partial charge in [-0.1, -0.05) is 30.3 Å². The molecule has 0 radical (unpaired) electrons. The SMILES string of the molecule is Cc1ccc(S(=O)(=O)Nc2cnn(Cc3ccccc3)c2)s1. The first-order valence-corrected chi connectivity index (χ1v) is 8.98. The van der Waals surface area contributed by atoms with Crippen molar-refractivity contribution in [1.29, 1.82) is 0 Å². The van der Waals surface area contributed by atoms with Crippen LogP contribution in [0.25, 0.3) is 0 Å². The van der Waals surface area contributed by atoms with Crippen LogP contribution in [0, 0.1) is 6.92 Å². The van der Waals surface area contributed by atoms with Gasteiger partial charge in [-0.15, -0.1) is 11.3 Å². The zero-order chi connectivity index (χ0) is 15.6. The number of benzene rings is 1. The maximum absolute atomic E-state index is 12.2. The van der Waals surface area contributed by atoms with E-state index in [0.717, 1.165) is 10.4 Å². The van der Waals surface area contributed by atoms with Crippen molar-refractivity contribution in [3.63, 3.8) is 0 Å². The Kier molecular flexibility index (Phi) is 4.00. The van der Waals surface area contributed by atoms with Gasteiger partial charge in [0.2, 0.25) is 0 Å². The van der Waals surface area contributed by atoms with Crippen LogP contribution in [0.4, 0.5) is 5.69 Å². The Morgan fingerprint density at radius 1 is 1.18 bits per heavy atom. The molecule has 5 nitrogen and oxygen atoms in total. The van der Waals surface area contributed by atoms with E-state index in [1.54, 1.807) is 23.0 Å². The van der Waals surface area contributed by atoms with Crippen molar-refractivity contribution >= 4 is 27.0 Å². The molecule has 0 fully saturated rings. The molecule has 22 heavy (non-hydrogen) atoms. The summed E-state index contributed by atoms with van der Waals surface area (Å²) in [5.74, 6) is 0. The molecule has 0 aliphatic rings. The lowest BCUT2D eigenvalue weighted by molar-refractivity contribution is 0.603. The summed E-state index contributed by atoms with van der Waals surface area (Å²) in [6.07, 6.45) is 3.20. The van der Waals surface area contributed by atoms with Crippen molar-refractivity contribution in [2.75, 3.05) is 4.72 Å². The van der Waals surface area contributed by atoms with Gasteiger partial charge in [0, 0.05) is 11.1 Å². The second-order valence-electron chi connectivity index (χ2n) is 4.88. The summed E-state index contributed by atoms with van der Waals surface area (Å²) < 4.78 is 29.1. The molecule has 0 bridgehead atoms. The van der Waals surface area contributed by atoms with Crippen LogP contribution in [0.3, 0.4) is 0 Å². The number of rotatable bonds is 5. The van der Waals surface area contributed by atoms with Crippen molar-refractivity contribution in [2.24, 2.45) is 0 Å². The quantitative estimate of drug-likeness (QED) is 0.780. The van der Waals surface area contributed by atoms with Crippen LogP contribution in [0.2, 0.25) is 0 Å². The highest BCUT2D eigenvalue weighted by Crippen LogP contribution is 2.23. The summed E-state index contributed by atoms with van der Waals surface area (Å²) >= 11 is 1.25. The summed E-state index contributed by atoms with van der Waals surface area (Å²) in [5, 5.41) is 4.19. The Morgan fingerprint density at radius 2 is 1.95 bits per heavy atom. The van der Waals surface area contributed by atoms with Crippen LogP contribution in [0.15, 0.2) is 59.1 Å². The van der Waals surface area contributed by atoms with Crippen molar-refractivity contribution < 1.29 is 8.42 Å². The summed E-state index contributed by atoms with van der Waals surface area (Å²) in [4.78, 5) is 0.958. The topological polar surface area (TPSA) is 64.0 Å². The molecule has 114 valence electrons. The number of anilines is 1. The van der Waals surface area contributed by atoms with Gasteiger partial charge in [-0.25, -0.2) is 8.42 Å². The van der Waals surface area contributed by atoms with E-state index in [0.29, 0.717) is 16.4 Å². The lowest BCUT2D eigenvalue weighted by Crippen LogP contribution is -2.10. The largest absolute Gasteiger partial charge is 0.276 e. The van der Waals surface area contributed by atoms with E-state index in [9.17, 15) is 8.42 Å². The number of thiophene rings is 1. The maximum Gasteiger partial charge on any atom is 0.271 e. The number of aryl methyl sites for hydroxylation is 1. The minimum atomic E-state index is -3.54. The zero-order valence-electron chi connectivity index (χ0n) is 11.9. The third-order valence-electron chi connectivity index (χ3n) is 3.05. The lowest BCUT2D eigenvalue weighted by atomic mass is 10.2. The van der Waals surface area contributed by atoms with E-state index in [-0.39, 0.29) is 0 Å². The van der Waals surface area contributed by atoms with Crippen molar-refractivity contribution in [1.82, 2.24) is 9.78 Å². The average molecular weight is 333 g/mol. The van der Waals surface area contributed by atoms with E-state index >= 15 is 0 Å². The first-order valence-electron chi connectivity index (χ1n) is 6.68. The fourth-order valence-electron chi connectivity index (χ4n) is 2.04. The van der Waals surface area contributed by atoms with Gasteiger partial charge in [0.05, 0.1) is 18.4 Å². The van der Waals surface area contributed by atoms with E-state index < -0.39 is 10.0 Å². The van der Waals surface area contributed by atoms with Crippen LogP contribution in [0.5, 0.6) is 0 Å². The summed E-state index contributed by atoms with van der Waals surface area (Å²) in [6, 6.07) is 13.3. The summed E-state index contributed by atoms with van der Waals surface area (Å²) in [5.41, 5.74) is 1.57. The van der Waals surface area contributed by atoms with Crippen molar-refractivity contribution in [3.05, 3.63) is 65.3 Å². The molecule has 2 heterocycles. The number of nitrogens with zero attached hydrogens (tertiary/aromatic N) is 2. The molecule has 0 spiro atoms. The molecule has 0 unspecified atom stereocenters. The molecule has 1 aromatic carbocycles. The number of aromatic nitrogens is 2. The van der Waals surface area contributed by atoms with Gasteiger partial charge in [0.15, 0.2) is 0 Å². The first-order chi connectivity index (χ1) is 10.5. The van der Waals surface area contributed by atoms with Crippen LogP contribution >= 0.6 is 11.3 Å². The summed E-state index contributed by atoms with van der Waals surface area (Å²) in [6.45, 7) is 2.47. The normalized spacial score (nSPS) is 11.5. The van der Waals surface area contributed by atoms with Crippen LogP contribution in [-0.4, -0.2) is 18.2 Å². The van der Waals surface area contributed by atoms with Gasteiger partial charge in [0.1, 0.15) is 4.21 Å². The zero-order valence-corrected chi connectivity index (χ0v) is 13.6. The molecular weight excluding hydrogens is 318 g/mol. The molecule has 0 aliphatic carbocycles. The average Bonchev–Trinajstić information content (AvgIpc) is 3.09. The van der Waals surface area contributed by atoms with Gasteiger partial charge in [-0.2, -0.15) is 5.10 Å². The van der Waals surface area contributed by atoms with Crippen LogP contribution < -0.4 is 4.72 Å². The molecular formula is C15H15N3O2S2. The second-order valence-corrected chi connectivity index (χ2v) is 8.08. The highest BCUT2D eigenvalue weighted by atomic mass is 32.2.